The van der Waals surface area contributed by atoms with Gasteiger partial charge in [0.15, 0.2) is 17.3 Å². The minimum atomic E-state index is -0.123. The van der Waals surface area contributed by atoms with E-state index in [2.05, 4.69) is 0 Å². The first kappa shape index (κ1) is 18.0. The summed E-state index contributed by atoms with van der Waals surface area (Å²) in [6.45, 7) is 1.13. The third-order valence-corrected chi connectivity index (χ3v) is 5.02. The van der Waals surface area contributed by atoms with E-state index in [1.54, 1.807) is 25.2 Å². The summed E-state index contributed by atoms with van der Waals surface area (Å²) in [4.78, 5) is 14.7. The average Bonchev–Trinajstić information content (AvgIpc) is 3.22. The summed E-state index contributed by atoms with van der Waals surface area (Å²) in [5, 5.41) is 0. The van der Waals surface area contributed by atoms with Gasteiger partial charge in [-0.1, -0.05) is 0 Å². The number of rotatable bonds is 4. The van der Waals surface area contributed by atoms with Crippen LogP contribution in [-0.4, -0.2) is 31.6 Å². The van der Waals surface area contributed by atoms with Crippen molar-refractivity contribution in [3.8, 4) is 22.8 Å². The normalized spacial score (nSPS) is 13.1. The first-order valence-corrected chi connectivity index (χ1v) is 9.08. The van der Waals surface area contributed by atoms with E-state index in [1.165, 1.54) is 5.56 Å². The molecule has 0 bridgehead atoms. The molecule has 6 nitrogen and oxygen atoms in total. The molecule has 1 aromatic heterocycles. The van der Waals surface area contributed by atoms with Crippen LogP contribution >= 0.6 is 0 Å². The van der Waals surface area contributed by atoms with Gasteiger partial charge in [-0.2, -0.15) is 0 Å². The number of fused-ring (bicyclic) bond motifs is 1. The molecule has 0 unspecified atom stereocenters. The van der Waals surface area contributed by atoms with Crippen LogP contribution in [0.15, 0.2) is 52.9 Å². The molecule has 144 valence electrons. The van der Waals surface area contributed by atoms with Crippen molar-refractivity contribution in [1.29, 1.82) is 0 Å². The van der Waals surface area contributed by atoms with Crippen molar-refractivity contribution in [2.45, 2.75) is 13.0 Å². The molecule has 0 spiro atoms. The van der Waals surface area contributed by atoms with Crippen LogP contribution < -0.4 is 15.2 Å². The van der Waals surface area contributed by atoms with Crippen molar-refractivity contribution in [1.82, 2.24) is 4.90 Å². The number of furan rings is 1. The number of nitrogens with two attached hydrogens (primary N) is 1. The van der Waals surface area contributed by atoms with E-state index < -0.39 is 0 Å². The third-order valence-electron chi connectivity index (χ3n) is 5.02. The second kappa shape index (κ2) is 7.31. The number of carbonyl (C=O) groups is 1. The zero-order chi connectivity index (χ0) is 19.7. The van der Waals surface area contributed by atoms with Gasteiger partial charge in [0.2, 0.25) is 0 Å². The van der Waals surface area contributed by atoms with Gasteiger partial charge in [-0.05, 0) is 66.1 Å². The molecule has 2 aromatic carbocycles. The molecule has 0 aliphatic carbocycles. The number of anilines is 1. The van der Waals surface area contributed by atoms with Gasteiger partial charge in [-0.3, -0.25) is 4.79 Å². The number of benzene rings is 2. The number of hydrogen-bond donors (Lipinski definition) is 1. The van der Waals surface area contributed by atoms with Crippen LogP contribution in [-0.2, 0) is 13.0 Å². The number of nitrogens with zero attached hydrogens (tertiary/aromatic N) is 1. The van der Waals surface area contributed by atoms with Crippen LogP contribution in [0.1, 0.15) is 21.7 Å². The molecule has 2 heterocycles. The first-order valence-electron chi connectivity index (χ1n) is 9.08. The second-order valence-electron chi connectivity index (χ2n) is 6.74. The molecule has 28 heavy (non-hydrogen) atoms. The molecule has 1 amide bonds. The second-order valence-corrected chi connectivity index (χ2v) is 6.74. The fourth-order valence-electron chi connectivity index (χ4n) is 3.47. The number of hydrogen-bond acceptors (Lipinski definition) is 5. The van der Waals surface area contributed by atoms with Gasteiger partial charge in [0, 0.05) is 24.3 Å². The van der Waals surface area contributed by atoms with E-state index >= 15 is 0 Å². The SMILES string of the molecule is COc1cc2c(cc1OC)CN(C(=O)c1ccc(-c3ccc(N)cc3)o1)CC2. The first-order chi connectivity index (χ1) is 13.6. The van der Waals surface area contributed by atoms with Crippen molar-refractivity contribution in [3.05, 3.63) is 65.4 Å². The molecule has 3 aromatic rings. The highest BCUT2D eigenvalue weighted by molar-refractivity contribution is 5.92. The fourth-order valence-corrected chi connectivity index (χ4v) is 3.47. The van der Waals surface area contributed by atoms with Gasteiger partial charge in [0.1, 0.15) is 5.76 Å². The monoisotopic (exact) mass is 378 g/mol. The molecule has 0 saturated carbocycles. The molecule has 2 N–H and O–H groups in total. The lowest BCUT2D eigenvalue weighted by molar-refractivity contribution is 0.0703. The van der Waals surface area contributed by atoms with Crippen molar-refractivity contribution in [2.24, 2.45) is 0 Å². The molecule has 6 heteroatoms. The molecule has 1 aliphatic rings. The summed E-state index contributed by atoms with van der Waals surface area (Å²) in [5.41, 5.74) is 9.52. The third kappa shape index (κ3) is 3.29. The molecular weight excluding hydrogens is 356 g/mol. The van der Waals surface area contributed by atoms with Crippen LogP contribution in [0.3, 0.4) is 0 Å². The standard InChI is InChI=1S/C22H22N2O4/c1-26-20-11-15-9-10-24(13-16(15)12-21(20)27-2)22(25)19-8-7-18(28-19)14-3-5-17(23)6-4-14/h3-8,11-12H,9-10,13,23H2,1-2H3. The largest absolute Gasteiger partial charge is 0.493 e. The summed E-state index contributed by atoms with van der Waals surface area (Å²) >= 11 is 0. The number of amides is 1. The highest BCUT2D eigenvalue weighted by Crippen LogP contribution is 2.34. The Kier molecular flexibility index (Phi) is 4.69. The van der Waals surface area contributed by atoms with Crippen molar-refractivity contribution in [3.63, 3.8) is 0 Å². The quantitative estimate of drug-likeness (QED) is 0.700. The Morgan fingerprint density at radius 2 is 1.68 bits per heavy atom. The predicted octanol–water partition coefficient (Wildman–Crippen LogP) is 3.74. The Bertz CT molecular complexity index is 1010. The number of nitrogen functional groups attached to an aromatic ring is 1. The highest BCUT2D eigenvalue weighted by Gasteiger charge is 2.25. The zero-order valence-corrected chi connectivity index (χ0v) is 15.9. The lowest BCUT2D eigenvalue weighted by Crippen LogP contribution is -2.35. The summed E-state index contributed by atoms with van der Waals surface area (Å²) in [7, 11) is 3.23. The topological polar surface area (TPSA) is 77.9 Å². The van der Waals surface area contributed by atoms with Gasteiger partial charge < -0.3 is 24.5 Å². The average molecular weight is 378 g/mol. The molecule has 0 radical (unpaired) electrons. The van der Waals surface area contributed by atoms with Gasteiger partial charge in [0.25, 0.3) is 5.91 Å². The Balaban J connectivity index is 1.54. The Hall–Kier alpha value is -3.41. The van der Waals surface area contributed by atoms with Crippen molar-refractivity contribution >= 4 is 11.6 Å². The van der Waals surface area contributed by atoms with Gasteiger partial charge >= 0.3 is 0 Å². The van der Waals surface area contributed by atoms with Gasteiger partial charge in [-0.25, -0.2) is 0 Å². The van der Waals surface area contributed by atoms with Crippen molar-refractivity contribution < 1.29 is 18.7 Å². The summed E-state index contributed by atoms with van der Waals surface area (Å²) in [6.07, 6.45) is 0.757. The van der Waals surface area contributed by atoms with E-state index in [9.17, 15) is 4.79 Å². The lowest BCUT2D eigenvalue weighted by atomic mass is 9.98. The predicted molar refractivity (Wildman–Crippen MR) is 107 cm³/mol. The van der Waals surface area contributed by atoms with E-state index in [1.807, 2.05) is 42.5 Å². The Morgan fingerprint density at radius 1 is 1.00 bits per heavy atom. The Labute approximate surface area is 163 Å². The van der Waals surface area contributed by atoms with Crippen LogP contribution in [0, 0.1) is 0 Å². The maximum absolute atomic E-state index is 12.9. The fraction of sp³-hybridized carbons (Fsp3) is 0.227. The van der Waals surface area contributed by atoms with Crippen LogP contribution in [0.25, 0.3) is 11.3 Å². The van der Waals surface area contributed by atoms with Gasteiger partial charge in [0.05, 0.1) is 14.2 Å². The van der Waals surface area contributed by atoms with E-state index in [-0.39, 0.29) is 5.91 Å². The summed E-state index contributed by atoms with van der Waals surface area (Å²) < 4.78 is 16.6. The van der Waals surface area contributed by atoms with E-state index in [0.717, 1.165) is 17.5 Å². The highest BCUT2D eigenvalue weighted by atomic mass is 16.5. The summed E-state index contributed by atoms with van der Waals surface area (Å²) in [6, 6.07) is 14.8. The molecule has 1 aliphatic heterocycles. The molecule has 4 rings (SSSR count). The maximum atomic E-state index is 12.9. The van der Waals surface area contributed by atoms with Gasteiger partial charge in [-0.15, -0.1) is 0 Å². The van der Waals surface area contributed by atoms with E-state index in [0.29, 0.717) is 41.8 Å². The molecular formula is C22H22N2O4. The maximum Gasteiger partial charge on any atom is 0.289 e. The number of carbonyl (C=O) groups excluding carboxylic acids is 1. The van der Waals surface area contributed by atoms with Crippen LogP contribution in [0.4, 0.5) is 5.69 Å². The van der Waals surface area contributed by atoms with Crippen LogP contribution in [0.2, 0.25) is 0 Å². The zero-order valence-electron chi connectivity index (χ0n) is 15.9. The molecule has 0 saturated heterocycles. The molecule has 0 fully saturated rings. The smallest absolute Gasteiger partial charge is 0.289 e. The van der Waals surface area contributed by atoms with E-state index in [4.69, 9.17) is 19.6 Å². The number of ether oxygens (including phenoxy) is 2. The van der Waals surface area contributed by atoms with Crippen molar-refractivity contribution in [2.75, 3.05) is 26.5 Å². The minimum absolute atomic E-state index is 0.123. The summed E-state index contributed by atoms with van der Waals surface area (Å²) in [5.74, 6) is 2.23. The Morgan fingerprint density at radius 3 is 2.36 bits per heavy atom. The number of methoxy groups -OCH3 is 2. The molecule has 0 atom stereocenters. The van der Waals surface area contributed by atoms with Crippen LogP contribution in [0.5, 0.6) is 11.5 Å². The lowest BCUT2D eigenvalue weighted by Gasteiger charge is -2.29. The minimum Gasteiger partial charge on any atom is -0.493 e.